The van der Waals surface area contributed by atoms with E-state index in [1.165, 1.54) is 7.11 Å². The van der Waals surface area contributed by atoms with Crippen LogP contribution in [0.15, 0.2) is 39.6 Å². The van der Waals surface area contributed by atoms with E-state index in [0.717, 1.165) is 0 Å². The van der Waals surface area contributed by atoms with E-state index in [0.29, 0.717) is 4.90 Å². The van der Waals surface area contributed by atoms with E-state index >= 15 is 0 Å². The van der Waals surface area contributed by atoms with Crippen molar-refractivity contribution in [3.8, 4) is 0 Å². The van der Waals surface area contributed by atoms with Gasteiger partial charge in [-0.3, -0.25) is 9.59 Å². The van der Waals surface area contributed by atoms with Crippen LogP contribution in [0.5, 0.6) is 0 Å². The largest absolute Gasteiger partial charge is 0.469 e. The molecule has 0 saturated carbocycles. The lowest BCUT2D eigenvalue weighted by atomic mass is 10.0. The highest BCUT2D eigenvalue weighted by Crippen LogP contribution is 2.17. The van der Waals surface area contributed by atoms with Crippen LogP contribution in [0, 0.1) is 5.92 Å². The molecule has 1 unspecified atom stereocenters. The summed E-state index contributed by atoms with van der Waals surface area (Å²) < 4.78 is 27.3. The SMILES string of the molecule is COC(=O)CCS(=O)(=NC(=O)[C@@H](NC(=O)OC(C)(C)C)C(C)C)c1ccccc1. The lowest BCUT2D eigenvalue weighted by Gasteiger charge is -2.24. The smallest absolute Gasteiger partial charge is 0.408 e. The molecule has 0 bridgehead atoms. The quantitative estimate of drug-likeness (QED) is 0.671. The number of amides is 2. The number of methoxy groups -OCH3 is 1. The van der Waals surface area contributed by atoms with Gasteiger partial charge in [0.2, 0.25) is 0 Å². The molecule has 2 atom stereocenters. The minimum Gasteiger partial charge on any atom is -0.469 e. The molecule has 0 spiro atoms. The molecule has 0 aliphatic heterocycles. The number of carbonyl (C=O) groups excluding carboxylic acids is 3. The van der Waals surface area contributed by atoms with Gasteiger partial charge in [-0.2, -0.15) is 4.36 Å². The van der Waals surface area contributed by atoms with Crippen LogP contribution < -0.4 is 5.32 Å². The first-order valence-corrected chi connectivity index (χ1v) is 11.0. The Hall–Kier alpha value is -2.42. The molecule has 0 radical (unpaired) electrons. The fourth-order valence-electron chi connectivity index (χ4n) is 2.32. The van der Waals surface area contributed by atoms with Crippen LogP contribution in [0.1, 0.15) is 41.0 Å². The van der Waals surface area contributed by atoms with Crippen molar-refractivity contribution in [3.05, 3.63) is 30.3 Å². The summed E-state index contributed by atoms with van der Waals surface area (Å²) in [4.78, 5) is 36.8. The van der Waals surface area contributed by atoms with Gasteiger partial charge in [-0.1, -0.05) is 32.0 Å². The highest BCUT2D eigenvalue weighted by atomic mass is 32.2. The van der Waals surface area contributed by atoms with Crippen LogP contribution in [0.4, 0.5) is 4.79 Å². The van der Waals surface area contributed by atoms with E-state index in [-0.39, 0.29) is 18.1 Å². The topological polar surface area (TPSA) is 111 Å². The first-order valence-electron chi connectivity index (χ1n) is 9.28. The van der Waals surface area contributed by atoms with Crippen molar-refractivity contribution in [2.75, 3.05) is 12.9 Å². The summed E-state index contributed by atoms with van der Waals surface area (Å²) in [7, 11) is -2.01. The monoisotopic (exact) mass is 426 g/mol. The normalized spacial score (nSPS) is 14.4. The predicted octanol–water partition coefficient (Wildman–Crippen LogP) is 3.15. The molecule has 0 saturated heterocycles. The Labute approximate surface area is 172 Å². The van der Waals surface area contributed by atoms with Crippen molar-refractivity contribution in [1.82, 2.24) is 5.32 Å². The molecule has 0 heterocycles. The van der Waals surface area contributed by atoms with Crippen molar-refractivity contribution in [2.24, 2.45) is 10.3 Å². The molecular weight excluding hydrogens is 396 g/mol. The number of alkyl carbamates (subject to hydrolysis) is 1. The molecule has 1 rings (SSSR count). The first-order chi connectivity index (χ1) is 13.4. The van der Waals surface area contributed by atoms with Gasteiger partial charge in [-0.05, 0) is 38.8 Å². The van der Waals surface area contributed by atoms with Gasteiger partial charge in [0, 0.05) is 10.6 Å². The highest BCUT2D eigenvalue weighted by Gasteiger charge is 2.29. The Balaban J connectivity index is 3.23. The van der Waals surface area contributed by atoms with Crippen LogP contribution in [0.3, 0.4) is 0 Å². The van der Waals surface area contributed by atoms with Crippen LogP contribution in [-0.2, 0) is 28.8 Å². The van der Waals surface area contributed by atoms with E-state index in [4.69, 9.17) is 4.74 Å². The van der Waals surface area contributed by atoms with E-state index in [2.05, 4.69) is 14.4 Å². The molecule has 2 amide bonds. The Bertz CT molecular complexity index is 836. The van der Waals surface area contributed by atoms with Gasteiger partial charge in [-0.25, -0.2) is 9.00 Å². The lowest BCUT2D eigenvalue weighted by molar-refractivity contribution is -0.140. The number of nitrogens with one attached hydrogen (secondary N) is 1. The Kier molecular flexibility index (Phi) is 8.81. The fraction of sp³-hybridized carbons (Fsp3) is 0.550. The van der Waals surface area contributed by atoms with Crippen LogP contribution >= 0.6 is 0 Å². The summed E-state index contributed by atoms with van der Waals surface area (Å²) >= 11 is 0. The predicted molar refractivity (Wildman–Crippen MR) is 110 cm³/mol. The number of hydrogen-bond acceptors (Lipinski definition) is 6. The Morgan fingerprint density at radius 3 is 2.21 bits per heavy atom. The second-order valence-corrected chi connectivity index (χ2v) is 10.1. The third-order valence-corrected chi connectivity index (χ3v) is 6.01. The van der Waals surface area contributed by atoms with Crippen molar-refractivity contribution in [3.63, 3.8) is 0 Å². The van der Waals surface area contributed by atoms with Gasteiger partial charge < -0.3 is 14.8 Å². The maximum absolute atomic E-state index is 13.5. The van der Waals surface area contributed by atoms with E-state index in [1.54, 1.807) is 65.0 Å². The molecule has 29 heavy (non-hydrogen) atoms. The van der Waals surface area contributed by atoms with Gasteiger partial charge in [0.1, 0.15) is 11.6 Å². The molecule has 0 aliphatic carbocycles. The summed E-state index contributed by atoms with van der Waals surface area (Å²) in [6.07, 6.45) is -0.923. The number of carbonyl (C=O) groups is 3. The summed E-state index contributed by atoms with van der Waals surface area (Å²) in [6, 6.07) is 7.24. The number of benzene rings is 1. The van der Waals surface area contributed by atoms with Crippen molar-refractivity contribution < 1.29 is 28.1 Å². The summed E-state index contributed by atoms with van der Waals surface area (Å²) in [5, 5.41) is 2.50. The number of esters is 1. The van der Waals surface area contributed by atoms with Crippen LogP contribution in [-0.4, -0.2) is 46.7 Å². The maximum atomic E-state index is 13.5. The van der Waals surface area contributed by atoms with E-state index < -0.39 is 39.3 Å². The third kappa shape index (κ3) is 8.23. The van der Waals surface area contributed by atoms with Crippen molar-refractivity contribution >= 4 is 27.7 Å². The molecule has 8 nitrogen and oxygen atoms in total. The zero-order valence-electron chi connectivity index (χ0n) is 17.8. The Morgan fingerprint density at radius 2 is 1.72 bits per heavy atom. The second kappa shape index (κ2) is 10.4. The van der Waals surface area contributed by atoms with E-state index in [9.17, 15) is 18.6 Å². The molecule has 1 aromatic rings. The molecule has 1 aromatic carbocycles. The third-order valence-electron chi connectivity index (χ3n) is 3.76. The molecule has 0 fully saturated rings. The van der Waals surface area contributed by atoms with Crippen molar-refractivity contribution in [1.29, 1.82) is 0 Å². The second-order valence-electron chi connectivity index (χ2n) is 7.78. The van der Waals surface area contributed by atoms with Crippen LogP contribution in [0.2, 0.25) is 0 Å². The molecular formula is C20H30N2O6S. The van der Waals surface area contributed by atoms with E-state index in [1.807, 2.05) is 0 Å². The fourth-order valence-corrected chi connectivity index (χ4v) is 4.19. The summed E-state index contributed by atoms with van der Waals surface area (Å²) in [5.74, 6) is -1.79. The molecule has 0 aliphatic rings. The average molecular weight is 427 g/mol. The Morgan fingerprint density at radius 1 is 1.14 bits per heavy atom. The van der Waals surface area contributed by atoms with Gasteiger partial charge in [-0.15, -0.1) is 0 Å². The highest BCUT2D eigenvalue weighted by molar-refractivity contribution is 7.94. The van der Waals surface area contributed by atoms with Gasteiger partial charge >= 0.3 is 12.1 Å². The van der Waals surface area contributed by atoms with Gasteiger partial charge in [0.05, 0.1) is 23.3 Å². The number of rotatable bonds is 7. The van der Waals surface area contributed by atoms with Crippen molar-refractivity contribution in [2.45, 2.75) is 57.6 Å². The standard InChI is InChI=1S/C20H30N2O6S/c1-14(2)17(21-19(25)28-20(3,4)5)18(24)22-29(26,13-12-16(23)27-6)15-10-8-7-9-11-15/h7-11,14,17H,12-13H2,1-6H3,(H,21,25)/t17-,29?/m0/s1. The minimum absolute atomic E-state index is 0.160. The molecule has 1 N–H and O–H groups in total. The number of ether oxygens (including phenoxy) is 2. The van der Waals surface area contributed by atoms with Crippen LogP contribution in [0.25, 0.3) is 0 Å². The first kappa shape index (κ1) is 24.6. The average Bonchev–Trinajstić information content (AvgIpc) is 2.63. The number of nitrogens with zero attached hydrogens (tertiary/aromatic N) is 1. The number of hydrogen-bond donors (Lipinski definition) is 1. The van der Waals surface area contributed by atoms with Gasteiger partial charge in [0.15, 0.2) is 0 Å². The zero-order chi connectivity index (χ0) is 22.2. The summed E-state index contributed by atoms with van der Waals surface area (Å²) in [6.45, 7) is 8.58. The lowest BCUT2D eigenvalue weighted by Crippen LogP contribution is -2.46. The van der Waals surface area contributed by atoms with Gasteiger partial charge in [0.25, 0.3) is 5.91 Å². The molecule has 162 valence electrons. The minimum atomic E-state index is -3.24. The maximum Gasteiger partial charge on any atom is 0.408 e. The molecule has 9 heteroatoms. The zero-order valence-corrected chi connectivity index (χ0v) is 18.6. The summed E-state index contributed by atoms with van der Waals surface area (Å²) in [5.41, 5.74) is -0.732. The molecule has 0 aromatic heterocycles.